The first kappa shape index (κ1) is 29.6. The summed E-state index contributed by atoms with van der Waals surface area (Å²) >= 11 is -2.37. The Labute approximate surface area is 189 Å². The Hall–Kier alpha value is 0.639. The van der Waals surface area contributed by atoms with Crippen LogP contribution in [0.4, 0.5) is 0 Å². The first-order valence-electron chi connectivity index (χ1n) is 11.8. The maximum absolute atomic E-state index is 2.52. The van der Waals surface area contributed by atoms with Crippen LogP contribution >= 0.6 is 0 Å². The third kappa shape index (κ3) is 15.1. The van der Waals surface area contributed by atoms with Crippen LogP contribution in [0.1, 0.15) is 27.7 Å². The van der Waals surface area contributed by atoms with Crippen molar-refractivity contribution < 1.29 is 0 Å². The zero-order valence-electron chi connectivity index (χ0n) is 22.3. The van der Waals surface area contributed by atoms with Crippen LogP contribution in [0.15, 0.2) is 0 Å². The van der Waals surface area contributed by atoms with E-state index in [0.717, 1.165) is 23.7 Å². The number of nitrogens with zero attached hydrogens (tertiary/aromatic N) is 4. The summed E-state index contributed by atoms with van der Waals surface area (Å²) in [6.07, 6.45) is 0. The number of rotatable bonds is 16. The van der Waals surface area contributed by atoms with Crippen molar-refractivity contribution in [1.82, 2.24) is 19.6 Å². The summed E-state index contributed by atoms with van der Waals surface area (Å²) in [5.41, 5.74) is 0. The first-order chi connectivity index (χ1) is 13.2. The summed E-state index contributed by atoms with van der Waals surface area (Å²) in [6, 6.07) is 0. The van der Waals surface area contributed by atoms with Gasteiger partial charge < -0.3 is 0 Å². The predicted molar refractivity (Wildman–Crippen MR) is 136 cm³/mol. The zero-order chi connectivity index (χ0) is 22.8. The molecule has 0 aliphatic heterocycles. The summed E-state index contributed by atoms with van der Waals surface area (Å²) < 4.78 is 6.22. The summed E-state index contributed by atoms with van der Waals surface area (Å²) in [6.45, 7) is 15.1. The zero-order valence-corrected chi connectivity index (χ0v) is 25.1. The molecule has 0 N–H and O–H groups in total. The third-order valence-corrected chi connectivity index (χ3v) is 23.7. The molecule has 4 nitrogen and oxygen atoms in total. The predicted octanol–water partition coefficient (Wildman–Crippen LogP) is 4.23. The Bertz CT molecular complexity index is 334. The minimum atomic E-state index is -2.37. The normalized spacial score (nSPS) is 19.0. The fraction of sp³-hybridized carbons (Fsp3) is 1.00. The van der Waals surface area contributed by atoms with Crippen LogP contribution in [-0.4, -0.2) is 121 Å². The molecule has 5 heteroatoms. The molecule has 176 valence electrons. The van der Waals surface area contributed by atoms with Crippen LogP contribution < -0.4 is 0 Å². The molecule has 0 saturated carbocycles. The molecule has 29 heavy (non-hydrogen) atoms. The third-order valence-electron chi connectivity index (χ3n) is 5.83. The second-order valence-corrected chi connectivity index (χ2v) is 25.0. The van der Waals surface area contributed by atoms with Gasteiger partial charge in [-0.25, -0.2) is 0 Å². The minimum absolute atomic E-state index is 0.825. The standard InChI is InChI=1S/4C6H14N.Sn/c4*1-6(2)5-7(3)4;/h4*6H,1,5H2,2-4H3;. The molecule has 0 spiro atoms. The maximum atomic E-state index is 2.52. The second kappa shape index (κ2) is 14.7. The molecule has 0 aromatic rings. The van der Waals surface area contributed by atoms with E-state index in [9.17, 15) is 0 Å². The van der Waals surface area contributed by atoms with Crippen molar-refractivity contribution in [3.8, 4) is 0 Å². The summed E-state index contributed by atoms with van der Waals surface area (Å²) in [5.74, 6) is 3.30. The van der Waals surface area contributed by atoms with Crippen LogP contribution in [-0.2, 0) is 0 Å². The monoisotopic (exact) mass is 520 g/mol. The average molecular weight is 519 g/mol. The molecule has 0 heterocycles. The topological polar surface area (TPSA) is 13.0 Å². The van der Waals surface area contributed by atoms with E-state index >= 15 is 0 Å². The molecule has 0 aromatic carbocycles. The number of hydrogen-bond donors (Lipinski definition) is 0. The Kier molecular flexibility index (Phi) is 15.0. The van der Waals surface area contributed by atoms with E-state index < -0.39 is 18.4 Å². The van der Waals surface area contributed by atoms with Crippen molar-refractivity contribution in [2.75, 3.05) is 82.6 Å². The van der Waals surface area contributed by atoms with Gasteiger partial charge in [0.05, 0.1) is 0 Å². The van der Waals surface area contributed by atoms with E-state index in [1.807, 2.05) is 0 Å². The fourth-order valence-corrected chi connectivity index (χ4v) is 27.4. The van der Waals surface area contributed by atoms with Gasteiger partial charge in [0.25, 0.3) is 0 Å². The molecule has 0 fully saturated rings. The van der Waals surface area contributed by atoms with Crippen LogP contribution in [0, 0.1) is 23.7 Å². The Morgan fingerprint density at radius 1 is 0.414 bits per heavy atom. The van der Waals surface area contributed by atoms with Crippen LogP contribution in [0.3, 0.4) is 0 Å². The summed E-state index contributed by atoms with van der Waals surface area (Å²) in [7, 11) is 17.9. The van der Waals surface area contributed by atoms with Crippen LogP contribution in [0.25, 0.3) is 0 Å². The molecule has 0 rings (SSSR count). The average Bonchev–Trinajstić information content (AvgIpc) is 2.41. The first-order valence-corrected chi connectivity index (χ1v) is 19.9. The van der Waals surface area contributed by atoms with Crippen molar-refractivity contribution >= 4 is 18.4 Å². The molecule has 0 saturated heterocycles. The molecule has 0 aliphatic rings. The van der Waals surface area contributed by atoms with Crippen molar-refractivity contribution in [3.63, 3.8) is 0 Å². The van der Waals surface area contributed by atoms with Gasteiger partial charge in [-0.1, -0.05) is 0 Å². The molecular weight excluding hydrogens is 463 g/mol. The molecule has 4 unspecified atom stereocenters. The van der Waals surface area contributed by atoms with Crippen molar-refractivity contribution in [2.24, 2.45) is 23.7 Å². The van der Waals surface area contributed by atoms with Gasteiger partial charge in [-0.2, -0.15) is 0 Å². The van der Waals surface area contributed by atoms with E-state index in [1.54, 1.807) is 17.7 Å². The fourth-order valence-electron chi connectivity index (χ4n) is 6.21. The van der Waals surface area contributed by atoms with E-state index in [-0.39, 0.29) is 0 Å². The van der Waals surface area contributed by atoms with Gasteiger partial charge in [-0.3, -0.25) is 0 Å². The SMILES string of the molecule is CC(CN(C)C)[CH2][Sn]([CH2]C(C)CN(C)C)([CH2]C(C)CN(C)C)[CH2]C(C)CN(C)C. The van der Waals surface area contributed by atoms with Gasteiger partial charge in [-0.05, 0) is 0 Å². The molecule has 0 aliphatic carbocycles. The van der Waals surface area contributed by atoms with Gasteiger partial charge in [-0.15, -0.1) is 0 Å². The molecule has 0 aromatic heterocycles. The number of hydrogen-bond acceptors (Lipinski definition) is 4. The molecular formula is C24H56N4Sn. The van der Waals surface area contributed by atoms with Gasteiger partial charge in [0.15, 0.2) is 0 Å². The quantitative estimate of drug-likeness (QED) is 0.283. The second-order valence-electron chi connectivity index (χ2n) is 11.8. The molecule has 0 radical (unpaired) electrons. The van der Waals surface area contributed by atoms with Gasteiger partial charge in [0.2, 0.25) is 0 Å². The summed E-state index contributed by atoms with van der Waals surface area (Å²) in [4.78, 5) is 9.60. The Morgan fingerprint density at radius 2 is 0.586 bits per heavy atom. The van der Waals surface area contributed by atoms with E-state index in [0.29, 0.717) is 0 Å². The molecule has 4 atom stereocenters. The molecule has 0 amide bonds. The Morgan fingerprint density at radius 3 is 0.724 bits per heavy atom. The molecule has 0 bridgehead atoms. The van der Waals surface area contributed by atoms with E-state index in [2.05, 4.69) is 104 Å². The van der Waals surface area contributed by atoms with E-state index in [4.69, 9.17) is 0 Å². The van der Waals surface area contributed by atoms with Gasteiger partial charge in [0, 0.05) is 0 Å². The van der Waals surface area contributed by atoms with Crippen molar-refractivity contribution in [3.05, 3.63) is 0 Å². The van der Waals surface area contributed by atoms with Gasteiger partial charge >= 0.3 is 190 Å². The van der Waals surface area contributed by atoms with Crippen LogP contribution in [0.2, 0.25) is 17.7 Å². The van der Waals surface area contributed by atoms with Crippen molar-refractivity contribution in [1.29, 1.82) is 0 Å². The van der Waals surface area contributed by atoms with E-state index in [1.165, 1.54) is 26.2 Å². The Balaban J connectivity index is 5.71. The summed E-state index contributed by atoms with van der Waals surface area (Å²) in [5, 5.41) is 0. The van der Waals surface area contributed by atoms with Crippen molar-refractivity contribution in [2.45, 2.75) is 45.4 Å². The van der Waals surface area contributed by atoms with Gasteiger partial charge in [0.1, 0.15) is 0 Å². The van der Waals surface area contributed by atoms with Crippen LogP contribution in [0.5, 0.6) is 0 Å².